The molecule has 0 aliphatic carbocycles. The molecule has 7 nitrogen and oxygen atoms in total. The van der Waals surface area contributed by atoms with Crippen LogP contribution in [0, 0.1) is 0 Å². The summed E-state index contributed by atoms with van der Waals surface area (Å²) >= 11 is 5.98. The average Bonchev–Trinajstić information content (AvgIpc) is 3.08. The normalized spacial score (nSPS) is 10.9. The first-order valence-corrected chi connectivity index (χ1v) is 7.97. The Morgan fingerprint density at radius 1 is 1.20 bits per heavy atom. The highest BCUT2D eigenvalue weighted by molar-refractivity contribution is 6.30. The molecule has 0 aliphatic rings. The first-order chi connectivity index (χ1) is 12.0. The van der Waals surface area contributed by atoms with Gasteiger partial charge < -0.3 is 10.5 Å². The van der Waals surface area contributed by atoms with Gasteiger partial charge in [0.25, 0.3) is 5.91 Å². The van der Waals surface area contributed by atoms with Crippen molar-refractivity contribution in [1.82, 2.24) is 20.6 Å². The average molecular weight is 358 g/mol. The summed E-state index contributed by atoms with van der Waals surface area (Å²) in [6, 6.07) is 10.7. The smallest absolute Gasteiger partial charge is 0.252 e. The fourth-order valence-electron chi connectivity index (χ4n) is 2.45. The molecule has 0 spiro atoms. The van der Waals surface area contributed by atoms with Crippen LogP contribution in [0.1, 0.15) is 24.2 Å². The number of aromatic amines is 1. The van der Waals surface area contributed by atoms with E-state index in [1.807, 2.05) is 26.0 Å². The number of halogens is 1. The number of carbonyl (C=O) groups excluding carboxylic acids is 1. The monoisotopic (exact) mass is 357 g/mol. The standard InChI is InChI=1S/C17H16ClN5O2/c1-9(2)25-15-8-12(10-3-5-11(18)6-4-10)13(7-14(15)16(19)24)17-20-22-23-21-17/h3-9H,1-2H3,(H2,19,24)(H,20,21,22,23). The maximum atomic E-state index is 11.9. The van der Waals surface area contributed by atoms with E-state index in [4.69, 9.17) is 22.1 Å². The second kappa shape index (κ2) is 6.90. The van der Waals surface area contributed by atoms with Crippen LogP contribution in [0.5, 0.6) is 5.75 Å². The predicted octanol–water partition coefficient (Wildman–Crippen LogP) is 3.07. The third-order valence-corrected chi connectivity index (χ3v) is 3.74. The number of carbonyl (C=O) groups is 1. The number of benzene rings is 2. The summed E-state index contributed by atoms with van der Waals surface area (Å²) in [4.78, 5) is 11.9. The fourth-order valence-corrected chi connectivity index (χ4v) is 2.58. The largest absolute Gasteiger partial charge is 0.490 e. The number of primary amides is 1. The SMILES string of the molecule is CC(C)Oc1cc(-c2ccc(Cl)cc2)c(-c2nn[nH]n2)cc1C(N)=O. The Hall–Kier alpha value is -2.93. The van der Waals surface area contributed by atoms with Crippen LogP contribution in [0.3, 0.4) is 0 Å². The Morgan fingerprint density at radius 3 is 2.48 bits per heavy atom. The van der Waals surface area contributed by atoms with Crippen molar-refractivity contribution >= 4 is 17.5 Å². The molecular formula is C17H16ClN5O2. The van der Waals surface area contributed by atoms with Crippen LogP contribution in [0.25, 0.3) is 22.5 Å². The van der Waals surface area contributed by atoms with Crippen molar-refractivity contribution in [3.05, 3.63) is 47.0 Å². The van der Waals surface area contributed by atoms with Gasteiger partial charge >= 0.3 is 0 Å². The number of nitrogens with one attached hydrogen (secondary N) is 1. The summed E-state index contributed by atoms with van der Waals surface area (Å²) in [7, 11) is 0. The minimum Gasteiger partial charge on any atom is -0.490 e. The molecule has 3 N–H and O–H groups in total. The Kier molecular flexibility index (Phi) is 4.67. The molecule has 0 saturated heterocycles. The summed E-state index contributed by atoms with van der Waals surface area (Å²) in [5, 5.41) is 14.7. The van der Waals surface area contributed by atoms with E-state index in [-0.39, 0.29) is 11.7 Å². The topological polar surface area (TPSA) is 107 Å². The van der Waals surface area contributed by atoms with Gasteiger partial charge in [-0.15, -0.1) is 10.2 Å². The van der Waals surface area contributed by atoms with Gasteiger partial charge in [-0.25, -0.2) is 0 Å². The van der Waals surface area contributed by atoms with Crippen molar-refractivity contribution in [3.8, 4) is 28.3 Å². The predicted molar refractivity (Wildman–Crippen MR) is 94.3 cm³/mol. The highest BCUT2D eigenvalue weighted by Crippen LogP contribution is 2.36. The summed E-state index contributed by atoms with van der Waals surface area (Å²) in [6.07, 6.45) is -0.118. The number of nitrogens with two attached hydrogens (primary N) is 1. The van der Waals surface area contributed by atoms with Crippen molar-refractivity contribution in [1.29, 1.82) is 0 Å². The van der Waals surface area contributed by atoms with E-state index in [0.717, 1.165) is 11.1 Å². The second-order valence-corrected chi connectivity index (χ2v) is 6.10. The lowest BCUT2D eigenvalue weighted by molar-refractivity contribution is 0.0994. The van der Waals surface area contributed by atoms with Gasteiger partial charge in [0.2, 0.25) is 5.82 Å². The van der Waals surface area contributed by atoms with E-state index in [9.17, 15) is 4.79 Å². The lowest BCUT2D eigenvalue weighted by atomic mass is 9.96. The summed E-state index contributed by atoms with van der Waals surface area (Å²) in [5.74, 6) is 0.159. The molecular weight excluding hydrogens is 342 g/mol. The molecule has 25 heavy (non-hydrogen) atoms. The van der Waals surface area contributed by atoms with Gasteiger partial charge in [0.15, 0.2) is 0 Å². The van der Waals surface area contributed by atoms with Crippen molar-refractivity contribution in [2.45, 2.75) is 20.0 Å². The summed E-state index contributed by atoms with van der Waals surface area (Å²) in [5.41, 5.74) is 8.03. The molecule has 0 bridgehead atoms. The molecule has 128 valence electrons. The van der Waals surface area contributed by atoms with Gasteiger partial charge in [-0.1, -0.05) is 23.7 Å². The highest BCUT2D eigenvalue weighted by Gasteiger charge is 2.20. The third-order valence-electron chi connectivity index (χ3n) is 3.49. The maximum absolute atomic E-state index is 11.9. The number of aromatic nitrogens is 4. The zero-order chi connectivity index (χ0) is 18.0. The first-order valence-electron chi connectivity index (χ1n) is 7.60. The van der Waals surface area contributed by atoms with Gasteiger partial charge in [0.1, 0.15) is 5.75 Å². The molecule has 8 heteroatoms. The van der Waals surface area contributed by atoms with Crippen LogP contribution in [0.15, 0.2) is 36.4 Å². The Labute approximate surface area is 149 Å². The minimum atomic E-state index is -0.594. The van der Waals surface area contributed by atoms with Gasteiger partial charge in [-0.3, -0.25) is 4.79 Å². The molecule has 0 unspecified atom stereocenters. The molecule has 2 aromatic carbocycles. The first kappa shape index (κ1) is 16.9. The van der Waals surface area contributed by atoms with E-state index in [1.54, 1.807) is 24.3 Å². The number of rotatable bonds is 5. The Morgan fingerprint density at radius 2 is 1.92 bits per heavy atom. The molecule has 1 aromatic heterocycles. The molecule has 0 radical (unpaired) electrons. The zero-order valence-corrected chi connectivity index (χ0v) is 14.4. The Balaban J connectivity index is 2.26. The molecule has 3 rings (SSSR count). The molecule has 0 saturated carbocycles. The number of amides is 1. The molecule has 0 fully saturated rings. The number of hydrogen-bond acceptors (Lipinski definition) is 5. The summed E-state index contributed by atoms with van der Waals surface area (Å²) in [6.45, 7) is 3.75. The zero-order valence-electron chi connectivity index (χ0n) is 13.7. The number of nitrogens with zero attached hydrogens (tertiary/aromatic N) is 3. The molecule has 1 amide bonds. The quantitative estimate of drug-likeness (QED) is 0.729. The third kappa shape index (κ3) is 3.61. The number of ether oxygens (including phenoxy) is 1. The molecule has 0 aliphatic heterocycles. The lowest BCUT2D eigenvalue weighted by Crippen LogP contribution is -2.16. The van der Waals surface area contributed by atoms with Gasteiger partial charge in [0.05, 0.1) is 11.7 Å². The van der Waals surface area contributed by atoms with Crippen LogP contribution >= 0.6 is 11.6 Å². The van der Waals surface area contributed by atoms with Crippen LogP contribution in [0.2, 0.25) is 5.02 Å². The number of H-pyrrole nitrogens is 1. The van der Waals surface area contributed by atoms with Crippen molar-refractivity contribution in [2.75, 3.05) is 0 Å². The minimum absolute atomic E-state index is 0.118. The van der Waals surface area contributed by atoms with E-state index >= 15 is 0 Å². The van der Waals surface area contributed by atoms with E-state index in [2.05, 4.69) is 20.6 Å². The van der Waals surface area contributed by atoms with Gasteiger partial charge in [0, 0.05) is 10.6 Å². The van der Waals surface area contributed by atoms with Crippen molar-refractivity contribution in [3.63, 3.8) is 0 Å². The molecule has 0 atom stereocenters. The molecule has 3 aromatic rings. The highest BCUT2D eigenvalue weighted by atomic mass is 35.5. The van der Waals surface area contributed by atoms with E-state index in [0.29, 0.717) is 22.2 Å². The van der Waals surface area contributed by atoms with Crippen LogP contribution in [-0.4, -0.2) is 32.6 Å². The fraction of sp³-hybridized carbons (Fsp3) is 0.176. The van der Waals surface area contributed by atoms with E-state index < -0.39 is 5.91 Å². The number of hydrogen-bond donors (Lipinski definition) is 2. The van der Waals surface area contributed by atoms with Gasteiger partial charge in [-0.05, 0) is 54.5 Å². The molecule has 1 heterocycles. The summed E-state index contributed by atoms with van der Waals surface area (Å²) < 4.78 is 5.77. The lowest BCUT2D eigenvalue weighted by Gasteiger charge is -2.16. The van der Waals surface area contributed by atoms with Crippen molar-refractivity contribution in [2.24, 2.45) is 5.73 Å². The van der Waals surface area contributed by atoms with Crippen LogP contribution in [0.4, 0.5) is 0 Å². The van der Waals surface area contributed by atoms with Crippen LogP contribution in [-0.2, 0) is 0 Å². The van der Waals surface area contributed by atoms with E-state index in [1.165, 1.54) is 0 Å². The number of tetrazole rings is 1. The van der Waals surface area contributed by atoms with Gasteiger partial charge in [-0.2, -0.15) is 5.21 Å². The Bertz CT molecular complexity index is 892. The van der Waals surface area contributed by atoms with Crippen molar-refractivity contribution < 1.29 is 9.53 Å². The van der Waals surface area contributed by atoms with Crippen LogP contribution < -0.4 is 10.5 Å². The second-order valence-electron chi connectivity index (χ2n) is 5.67. The maximum Gasteiger partial charge on any atom is 0.252 e.